The van der Waals surface area contributed by atoms with Gasteiger partial charge in [-0.2, -0.15) is 0 Å². The highest BCUT2D eigenvalue weighted by Crippen LogP contribution is 2.34. The van der Waals surface area contributed by atoms with Gasteiger partial charge in [-0.05, 0) is 19.3 Å². The molecule has 1 fully saturated rings. The lowest BCUT2D eigenvalue weighted by atomic mass is 10.1. The minimum absolute atomic E-state index is 0.0797. The second kappa shape index (κ2) is 2.91. The summed E-state index contributed by atoms with van der Waals surface area (Å²) in [5.41, 5.74) is 0. The third kappa shape index (κ3) is 1.44. The van der Waals surface area contributed by atoms with Gasteiger partial charge in [0.25, 0.3) is 0 Å². The zero-order valence-corrected chi connectivity index (χ0v) is 7.05. The maximum Gasteiger partial charge on any atom is 0.0956 e. The molecule has 0 bridgehead atoms. The van der Waals surface area contributed by atoms with Gasteiger partial charge >= 0.3 is 0 Å². The number of aromatic nitrogens is 1. The van der Waals surface area contributed by atoms with E-state index in [0.717, 1.165) is 19.3 Å². The van der Waals surface area contributed by atoms with Crippen molar-refractivity contribution in [2.75, 3.05) is 0 Å². The van der Waals surface area contributed by atoms with E-state index in [-0.39, 0.29) is 6.10 Å². The van der Waals surface area contributed by atoms with Gasteiger partial charge in [-0.25, -0.2) is 4.98 Å². The Morgan fingerprint density at radius 2 is 2.45 bits per heavy atom. The SMILES string of the molecule is OC1CCC(c2nccs2)C1. The smallest absolute Gasteiger partial charge is 0.0956 e. The number of aliphatic hydroxyl groups is 1. The molecule has 2 atom stereocenters. The number of rotatable bonds is 1. The van der Waals surface area contributed by atoms with E-state index in [9.17, 15) is 5.11 Å². The zero-order chi connectivity index (χ0) is 7.68. The van der Waals surface area contributed by atoms with Gasteiger partial charge in [-0.1, -0.05) is 0 Å². The summed E-state index contributed by atoms with van der Waals surface area (Å²) < 4.78 is 0. The first-order valence-corrected chi connectivity index (χ1v) is 4.81. The molecule has 2 nitrogen and oxygen atoms in total. The van der Waals surface area contributed by atoms with Gasteiger partial charge in [0.1, 0.15) is 0 Å². The molecule has 0 saturated heterocycles. The molecule has 1 N–H and O–H groups in total. The largest absolute Gasteiger partial charge is 0.393 e. The summed E-state index contributed by atoms with van der Waals surface area (Å²) in [7, 11) is 0. The molecule has 1 saturated carbocycles. The molecule has 0 radical (unpaired) electrons. The number of hydrogen-bond acceptors (Lipinski definition) is 3. The van der Waals surface area contributed by atoms with Crippen LogP contribution in [0.2, 0.25) is 0 Å². The zero-order valence-electron chi connectivity index (χ0n) is 6.23. The average Bonchev–Trinajstić information content (AvgIpc) is 2.55. The van der Waals surface area contributed by atoms with E-state index in [0.29, 0.717) is 5.92 Å². The van der Waals surface area contributed by atoms with Crippen molar-refractivity contribution in [3.05, 3.63) is 16.6 Å². The van der Waals surface area contributed by atoms with Crippen molar-refractivity contribution in [1.82, 2.24) is 4.98 Å². The quantitative estimate of drug-likeness (QED) is 0.695. The van der Waals surface area contributed by atoms with Crippen molar-refractivity contribution in [1.29, 1.82) is 0 Å². The number of hydrogen-bond donors (Lipinski definition) is 1. The highest BCUT2D eigenvalue weighted by Gasteiger charge is 2.25. The number of aliphatic hydroxyl groups excluding tert-OH is 1. The van der Waals surface area contributed by atoms with Gasteiger partial charge < -0.3 is 5.11 Å². The molecule has 2 rings (SSSR count). The second-order valence-electron chi connectivity index (χ2n) is 3.03. The van der Waals surface area contributed by atoms with E-state index in [1.54, 1.807) is 11.3 Å². The standard InChI is InChI=1S/C8H11NOS/c10-7-2-1-6(5-7)8-9-3-4-11-8/h3-4,6-7,10H,1-2,5H2. The molecule has 2 unspecified atom stereocenters. The Kier molecular flexibility index (Phi) is 1.92. The van der Waals surface area contributed by atoms with E-state index >= 15 is 0 Å². The van der Waals surface area contributed by atoms with Gasteiger partial charge in [0, 0.05) is 17.5 Å². The molecular formula is C8H11NOS. The fraction of sp³-hybridized carbons (Fsp3) is 0.625. The normalized spacial score (nSPS) is 31.0. The van der Waals surface area contributed by atoms with Gasteiger partial charge in [-0.15, -0.1) is 11.3 Å². The van der Waals surface area contributed by atoms with Crippen molar-refractivity contribution < 1.29 is 5.11 Å². The highest BCUT2D eigenvalue weighted by molar-refractivity contribution is 7.09. The molecule has 1 aromatic heterocycles. The van der Waals surface area contributed by atoms with Crippen LogP contribution in [0.4, 0.5) is 0 Å². The van der Waals surface area contributed by atoms with Gasteiger partial charge in [0.15, 0.2) is 0 Å². The van der Waals surface area contributed by atoms with Crippen molar-refractivity contribution in [2.45, 2.75) is 31.3 Å². The predicted octanol–water partition coefficient (Wildman–Crippen LogP) is 1.77. The Labute approximate surface area is 69.9 Å². The molecule has 11 heavy (non-hydrogen) atoms. The number of nitrogens with zero attached hydrogens (tertiary/aromatic N) is 1. The Morgan fingerprint density at radius 1 is 1.55 bits per heavy atom. The third-order valence-electron chi connectivity index (χ3n) is 2.21. The van der Waals surface area contributed by atoms with Crippen LogP contribution < -0.4 is 0 Å². The molecule has 0 spiro atoms. The van der Waals surface area contributed by atoms with E-state index in [1.165, 1.54) is 5.01 Å². The Balaban J connectivity index is 2.08. The van der Waals surface area contributed by atoms with Crippen LogP contribution in [0.3, 0.4) is 0 Å². The summed E-state index contributed by atoms with van der Waals surface area (Å²) in [6.07, 6.45) is 4.72. The van der Waals surface area contributed by atoms with Crippen LogP contribution in [-0.4, -0.2) is 16.2 Å². The van der Waals surface area contributed by atoms with Gasteiger partial charge in [-0.3, -0.25) is 0 Å². The molecule has 1 aromatic rings. The van der Waals surface area contributed by atoms with Gasteiger partial charge in [0.2, 0.25) is 0 Å². The predicted molar refractivity (Wildman–Crippen MR) is 44.7 cm³/mol. The van der Waals surface area contributed by atoms with E-state index < -0.39 is 0 Å². The molecular weight excluding hydrogens is 158 g/mol. The van der Waals surface area contributed by atoms with Crippen LogP contribution >= 0.6 is 11.3 Å². The fourth-order valence-corrected chi connectivity index (χ4v) is 2.41. The Morgan fingerprint density at radius 3 is 3.00 bits per heavy atom. The topological polar surface area (TPSA) is 33.1 Å². The molecule has 0 amide bonds. The van der Waals surface area contributed by atoms with E-state index in [2.05, 4.69) is 4.98 Å². The van der Waals surface area contributed by atoms with Crippen LogP contribution in [0, 0.1) is 0 Å². The van der Waals surface area contributed by atoms with Crippen molar-refractivity contribution >= 4 is 11.3 Å². The first kappa shape index (κ1) is 7.25. The molecule has 1 heterocycles. The third-order valence-corrected chi connectivity index (χ3v) is 3.14. The Bertz CT molecular complexity index is 222. The fourth-order valence-electron chi connectivity index (χ4n) is 1.62. The molecule has 60 valence electrons. The highest BCUT2D eigenvalue weighted by atomic mass is 32.1. The average molecular weight is 169 g/mol. The van der Waals surface area contributed by atoms with Gasteiger partial charge in [0.05, 0.1) is 11.1 Å². The van der Waals surface area contributed by atoms with E-state index in [1.807, 2.05) is 11.6 Å². The van der Waals surface area contributed by atoms with Crippen LogP contribution in [0.1, 0.15) is 30.2 Å². The molecule has 1 aliphatic rings. The lowest BCUT2D eigenvalue weighted by Crippen LogP contribution is -1.98. The molecule has 3 heteroatoms. The summed E-state index contributed by atoms with van der Waals surface area (Å²) in [5, 5.41) is 12.5. The monoisotopic (exact) mass is 169 g/mol. The van der Waals surface area contributed by atoms with Crippen molar-refractivity contribution in [3.63, 3.8) is 0 Å². The minimum atomic E-state index is -0.0797. The summed E-state index contributed by atoms with van der Waals surface area (Å²) >= 11 is 1.70. The molecule has 0 aliphatic heterocycles. The molecule has 0 aromatic carbocycles. The molecule has 1 aliphatic carbocycles. The lowest BCUT2D eigenvalue weighted by Gasteiger charge is -2.02. The number of thiazole rings is 1. The first-order valence-electron chi connectivity index (χ1n) is 3.93. The maximum absolute atomic E-state index is 9.28. The van der Waals surface area contributed by atoms with Crippen molar-refractivity contribution in [3.8, 4) is 0 Å². The minimum Gasteiger partial charge on any atom is -0.393 e. The summed E-state index contributed by atoms with van der Waals surface area (Å²) in [6, 6.07) is 0. The van der Waals surface area contributed by atoms with Crippen molar-refractivity contribution in [2.24, 2.45) is 0 Å². The summed E-state index contributed by atoms with van der Waals surface area (Å²) in [4.78, 5) is 4.24. The van der Waals surface area contributed by atoms with Crippen LogP contribution in [0.5, 0.6) is 0 Å². The maximum atomic E-state index is 9.28. The summed E-state index contributed by atoms with van der Waals surface area (Å²) in [6.45, 7) is 0. The Hall–Kier alpha value is -0.410. The summed E-state index contributed by atoms with van der Waals surface area (Å²) in [5.74, 6) is 0.532. The van der Waals surface area contributed by atoms with Crippen LogP contribution in [0.15, 0.2) is 11.6 Å². The lowest BCUT2D eigenvalue weighted by molar-refractivity contribution is 0.181. The second-order valence-corrected chi connectivity index (χ2v) is 3.96. The van der Waals surface area contributed by atoms with Crippen LogP contribution in [0.25, 0.3) is 0 Å². The van der Waals surface area contributed by atoms with E-state index in [4.69, 9.17) is 0 Å². The van der Waals surface area contributed by atoms with Crippen LogP contribution in [-0.2, 0) is 0 Å². The first-order chi connectivity index (χ1) is 5.36.